The van der Waals surface area contributed by atoms with Crippen LogP contribution in [0.4, 0.5) is 5.69 Å². The zero-order chi connectivity index (χ0) is 15.9. The number of anilines is 1. The van der Waals surface area contributed by atoms with E-state index in [0.29, 0.717) is 17.0 Å². The number of ketones is 1. The first kappa shape index (κ1) is 16.2. The summed E-state index contributed by atoms with van der Waals surface area (Å²) in [5.41, 5.74) is 1.18. The van der Waals surface area contributed by atoms with Gasteiger partial charge in [-0.15, -0.1) is 0 Å². The molecule has 0 atom stereocenters. The van der Waals surface area contributed by atoms with Crippen molar-refractivity contribution >= 4 is 33.3 Å². The van der Waals surface area contributed by atoms with Gasteiger partial charge in [0, 0.05) is 15.7 Å². The molecule has 2 aromatic rings. The quantitative estimate of drug-likeness (QED) is 0.789. The maximum atomic E-state index is 11.9. The number of carbonyl (C=O) groups is 2. The van der Waals surface area contributed by atoms with E-state index >= 15 is 0 Å². The van der Waals surface area contributed by atoms with Gasteiger partial charge in [-0.3, -0.25) is 9.59 Å². The molecule has 0 aliphatic heterocycles. The van der Waals surface area contributed by atoms with Crippen molar-refractivity contribution in [3.8, 4) is 5.75 Å². The molecule has 1 amide bonds. The molecule has 22 heavy (non-hydrogen) atoms. The Morgan fingerprint density at radius 1 is 1.14 bits per heavy atom. The van der Waals surface area contributed by atoms with E-state index in [1.54, 1.807) is 24.3 Å². The van der Waals surface area contributed by atoms with Crippen LogP contribution >= 0.6 is 15.9 Å². The summed E-state index contributed by atoms with van der Waals surface area (Å²) in [7, 11) is 0. The first-order valence-electron chi connectivity index (χ1n) is 6.84. The number of rotatable bonds is 6. The van der Waals surface area contributed by atoms with Crippen molar-refractivity contribution in [2.24, 2.45) is 0 Å². The fourth-order valence-corrected chi connectivity index (χ4v) is 2.24. The molecule has 0 saturated heterocycles. The molecule has 0 radical (unpaired) electrons. The van der Waals surface area contributed by atoms with Crippen molar-refractivity contribution in [3.05, 3.63) is 58.6 Å². The van der Waals surface area contributed by atoms with Crippen LogP contribution in [-0.2, 0) is 4.79 Å². The largest absolute Gasteiger partial charge is 0.493 e. The fourth-order valence-electron chi connectivity index (χ4n) is 1.86. The zero-order valence-corrected chi connectivity index (χ0v) is 13.7. The van der Waals surface area contributed by atoms with Crippen LogP contribution in [0.3, 0.4) is 0 Å². The van der Waals surface area contributed by atoms with Crippen molar-refractivity contribution in [2.45, 2.75) is 13.3 Å². The highest BCUT2D eigenvalue weighted by Gasteiger charge is 2.05. The van der Waals surface area contributed by atoms with Gasteiger partial charge >= 0.3 is 0 Å². The molecule has 5 heteroatoms. The Morgan fingerprint density at radius 3 is 2.64 bits per heavy atom. The molecule has 4 nitrogen and oxygen atoms in total. The second-order valence-electron chi connectivity index (χ2n) is 4.74. The van der Waals surface area contributed by atoms with Crippen LogP contribution in [0.25, 0.3) is 0 Å². The lowest BCUT2D eigenvalue weighted by molar-refractivity contribution is -0.116. The van der Waals surface area contributed by atoms with Gasteiger partial charge < -0.3 is 10.1 Å². The topological polar surface area (TPSA) is 55.4 Å². The lowest BCUT2D eigenvalue weighted by Crippen LogP contribution is -2.15. The third kappa shape index (κ3) is 5.00. The fraction of sp³-hybridized carbons (Fsp3) is 0.176. The van der Waals surface area contributed by atoms with Crippen LogP contribution in [0.2, 0.25) is 0 Å². The van der Waals surface area contributed by atoms with Crippen LogP contribution in [-0.4, -0.2) is 18.3 Å². The van der Waals surface area contributed by atoms with E-state index < -0.39 is 0 Å². The average molecular weight is 362 g/mol. The first-order valence-corrected chi connectivity index (χ1v) is 7.63. The van der Waals surface area contributed by atoms with Crippen molar-refractivity contribution in [1.82, 2.24) is 0 Å². The number of ether oxygens (including phenoxy) is 1. The summed E-state index contributed by atoms with van der Waals surface area (Å²) >= 11 is 3.36. The Labute approximate surface area is 137 Å². The van der Waals surface area contributed by atoms with Gasteiger partial charge in [-0.1, -0.05) is 34.1 Å². The molecule has 0 bridgehead atoms. The number of carbonyl (C=O) groups excluding carboxylic acids is 2. The Kier molecular flexibility index (Phi) is 5.72. The highest BCUT2D eigenvalue weighted by Crippen LogP contribution is 2.18. The number of hydrogen-bond acceptors (Lipinski definition) is 3. The minimum atomic E-state index is -0.157. The van der Waals surface area contributed by atoms with Gasteiger partial charge in [0.15, 0.2) is 5.78 Å². The van der Waals surface area contributed by atoms with Gasteiger partial charge in [0.2, 0.25) is 5.91 Å². The summed E-state index contributed by atoms with van der Waals surface area (Å²) in [5.74, 6) is 0.519. The van der Waals surface area contributed by atoms with Gasteiger partial charge in [0.25, 0.3) is 0 Å². The number of nitrogens with one attached hydrogen (secondary N) is 1. The second kappa shape index (κ2) is 7.75. The minimum absolute atomic E-state index is 0.0333. The van der Waals surface area contributed by atoms with E-state index in [1.807, 2.05) is 24.3 Å². The minimum Gasteiger partial charge on any atom is -0.493 e. The molecule has 0 aromatic heterocycles. The predicted octanol–water partition coefficient (Wildman–Crippen LogP) is 4.06. The molecule has 0 aliphatic rings. The first-order chi connectivity index (χ1) is 10.5. The maximum Gasteiger partial charge on any atom is 0.227 e. The molecule has 0 spiro atoms. The molecule has 0 unspecified atom stereocenters. The lowest BCUT2D eigenvalue weighted by Gasteiger charge is -2.08. The molecule has 0 heterocycles. The molecule has 1 N–H and O–H groups in total. The Balaban J connectivity index is 1.83. The average Bonchev–Trinajstić information content (AvgIpc) is 2.47. The molecule has 0 aliphatic carbocycles. The van der Waals surface area contributed by atoms with E-state index in [-0.39, 0.29) is 24.7 Å². The molecule has 2 rings (SSSR count). The Morgan fingerprint density at radius 2 is 1.91 bits per heavy atom. The summed E-state index contributed by atoms with van der Waals surface area (Å²) in [5, 5.41) is 2.75. The normalized spacial score (nSPS) is 10.1. The van der Waals surface area contributed by atoms with Gasteiger partial charge in [0.1, 0.15) is 5.75 Å². The van der Waals surface area contributed by atoms with Crippen LogP contribution in [0.5, 0.6) is 5.75 Å². The molecule has 114 valence electrons. The van der Waals surface area contributed by atoms with Crippen LogP contribution in [0.1, 0.15) is 23.7 Å². The van der Waals surface area contributed by atoms with E-state index in [0.717, 1.165) is 4.47 Å². The smallest absolute Gasteiger partial charge is 0.227 e. The summed E-state index contributed by atoms with van der Waals surface area (Å²) in [6.07, 6.45) is 0.233. The summed E-state index contributed by atoms with van der Waals surface area (Å²) in [4.78, 5) is 23.2. The molecular weight excluding hydrogens is 346 g/mol. The molecule has 2 aromatic carbocycles. The Bertz CT molecular complexity index is 685. The number of amides is 1. The van der Waals surface area contributed by atoms with Crippen LogP contribution < -0.4 is 10.1 Å². The maximum absolute atomic E-state index is 11.9. The third-order valence-electron chi connectivity index (χ3n) is 2.95. The third-order valence-corrected chi connectivity index (χ3v) is 3.44. The van der Waals surface area contributed by atoms with Crippen molar-refractivity contribution in [2.75, 3.05) is 11.9 Å². The van der Waals surface area contributed by atoms with Crippen LogP contribution in [0.15, 0.2) is 53.0 Å². The Hall–Kier alpha value is -2.14. The van der Waals surface area contributed by atoms with E-state index in [9.17, 15) is 9.59 Å². The highest BCUT2D eigenvalue weighted by atomic mass is 79.9. The number of halogens is 1. The number of Topliss-reactive ketones (excluding diaryl/α,β-unsaturated/α-hetero) is 1. The van der Waals surface area contributed by atoms with Gasteiger partial charge in [-0.25, -0.2) is 0 Å². The van der Waals surface area contributed by atoms with E-state index in [4.69, 9.17) is 4.74 Å². The van der Waals surface area contributed by atoms with Gasteiger partial charge in [-0.05, 0) is 37.3 Å². The summed E-state index contributed by atoms with van der Waals surface area (Å²) < 4.78 is 6.44. The van der Waals surface area contributed by atoms with Crippen molar-refractivity contribution in [3.63, 3.8) is 0 Å². The zero-order valence-electron chi connectivity index (χ0n) is 12.1. The van der Waals surface area contributed by atoms with Gasteiger partial charge in [-0.2, -0.15) is 0 Å². The monoisotopic (exact) mass is 361 g/mol. The number of hydrogen-bond donors (Lipinski definition) is 1. The highest BCUT2D eigenvalue weighted by molar-refractivity contribution is 9.10. The summed E-state index contributed by atoms with van der Waals surface area (Å²) in [6, 6.07) is 14.3. The standard InChI is InChI=1S/C17H16BrNO3/c1-12(20)13-4-2-6-15(10-13)19-17(21)8-9-22-16-7-3-5-14(18)11-16/h2-7,10-11H,8-9H2,1H3,(H,19,21). The van der Waals surface area contributed by atoms with Crippen molar-refractivity contribution < 1.29 is 14.3 Å². The molecule has 0 saturated carbocycles. The second-order valence-corrected chi connectivity index (χ2v) is 5.66. The predicted molar refractivity (Wildman–Crippen MR) is 89.3 cm³/mol. The lowest BCUT2D eigenvalue weighted by atomic mass is 10.1. The van der Waals surface area contributed by atoms with Crippen LogP contribution in [0, 0.1) is 0 Å². The van der Waals surface area contributed by atoms with Crippen molar-refractivity contribution in [1.29, 1.82) is 0 Å². The van der Waals surface area contributed by atoms with E-state index in [1.165, 1.54) is 6.92 Å². The van der Waals surface area contributed by atoms with E-state index in [2.05, 4.69) is 21.2 Å². The SMILES string of the molecule is CC(=O)c1cccc(NC(=O)CCOc2cccc(Br)c2)c1. The molecule has 0 fully saturated rings. The number of benzene rings is 2. The molecular formula is C17H16BrNO3. The summed E-state index contributed by atoms with van der Waals surface area (Å²) in [6.45, 7) is 1.78. The van der Waals surface area contributed by atoms with Gasteiger partial charge in [0.05, 0.1) is 13.0 Å².